The van der Waals surface area contributed by atoms with Crippen LogP contribution >= 0.6 is 0 Å². The highest BCUT2D eigenvalue weighted by molar-refractivity contribution is 6.46. The molecule has 1 aliphatic heterocycles. The molecule has 0 aromatic heterocycles. The van der Waals surface area contributed by atoms with Gasteiger partial charge in [-0.15, -0.1) is 0 Å². The smallest absolute Gasteiger partial charge is 0.295 e. The molecule has 0 aliphatic carbocycles. The molecule has 1 atom stereocenters. The average Bonchev–Trinajstić information content (AvgIpc) is 3.14. The maximum atomic E-state index is 13.2. The molecule has 37 heavy (non-hydrogen) atoms. The fraction of sp³-hybridized carbons (Fsp3) is 0.429. The Bertz CT molecular complexity index is 1150. The van der Waals surface area contributed by atoms with E-state index in [9.17, 15) is 29.9 Å². The van der Waals surface area contributed by atoms with Crippen molar-refractivity contribution in [3.05, 3.63) is 75.3 Å². The number of rotatable bonds is 13. The summed E-state index contributed by atoms with van der Waals surface area (Å²) in [5, 5.41) is 32.5. The Morgan fingerprint density at radius 1 is 1.00 bits per heavy atom. The molecule has 0 saturated carbocycles. The number of benzene rings is 2. The fourth-order valence-electron chi connectivity index (χ4n) is 4.64. The zero-order chi connectivity index (χ0) is 26.9. The lowest BCUT2D eigenvalue weighted by atomic mass is 9.95. The lowest BCUT2D eigenvalue weighted by Crippen LogP contribution is -2.34. The summed E-state index contributed by atoms with van der Waals surface area (Å²) in [6.07, 6.45) is 4.98. The molecule has 198 valence electrons. The number of ketones is 1. The molecule has 9 nitrogen and oxygen atoms in total. The van der Waals surface area contributed by atoms with Crippen molar-refractivity contribution in [2.75, 3.05) is 26.2 Å². The van der Waals surface area contributed by atoms with Crippen LogP contribution in [0.3, 0.4) is 0 Å². The molecule has 2 aromatic rings. The zero-order valence-corrected chi connectivity index (χ0v) is 21.4. The number of phenols is 1. The second-order valence-corrected chi connectivity index (χ2v) is 9.30. The molecule has 1 saturated heterocycles. The van der Waals surface area contributed by atoms with Gasteiger partial charge in [0, 0.05) is 24.2 Å². The Labute approximate surface area is 217 Å². The third-order valence-electron chi connectivity index (χ3n) is 6.59. The predicted octanol–water partition coefficient (Wildman–Crippen LogP) is 5.01. The Morgan fingerprint density at radius 2 is 1.65 bits per heavy atom. The summed E-state index contributed by atoms with van der Waals surface area (Å²) in [6.45, 7) is 7.28. The Kier molecular flexibility index (Phi) is 9.79. The molecule has 9 heteroatoms. The van der Waals surface area contributed by atoms with Crippen LogP contribution in [0.2, 0.25) is 0 Å². The van der Waals surface area contributed by atoms with Gasteiger partial charge in [0.1, 0.15) is 11.5 Å². The number of unbranched alkanes of at least 4 members (excludes halogenated alkanes) is 2. The lowest BCUT2D eigenvalue weighted by Gasteiger charge is -2.27. The van der Waals surface area contributed by atoms with E-state index >= 15 is 0 Å². The number of nitro benzene ring substituents is 1. The van der Waals surface area contributed by atoms with Gasteiger partial charge < -0.3 is 20.0 Å². The van der Waals surface area contributed by atoms with Crippen LogP contribution in [0.25, 0.3) is 5.76 Å². The second-order valence-electron chi connectivity index (χ2n) is 9.30. The van der Waals surface area contributed by atoms with Crippen LogP contribution in [0.4, 0.5) is 5.69 Å². The normalized spacial score (nSPS) is 17.1. The van der Waals surface area contributed by atoms with Crippen molar-refractivity contribution in [3.8, 4) is 5.75 Å². The first-order valence-electron chi connectivity index (χ1n) is 12.8. The van der Waals surface area contributed by atoms with Gasteiger partial charge in [-0.2, -0.15) is 0 Å². The van der Waals surface area contributed by atoms with Crippen molar-refractivity contribution in [2.45, 2.75) is 52.0 Å². The summed E-state index contributed by atoms with van der Waals surface area (Å²) in [7, 11) is 0. The highest BCUT2D eigenvalue weighted by Gasteiger charge is 2.46. The van der Waals surface area contributed by atoms with Crippen LogP contribution in [0.15, 0.2) is 54.1 Å². The first kappa shape index (κ1) is 27.9. The number of hydrogen-bond acceptors (Lipinski definition) is 7. The summed E-state index contributed by atoms with van der Waals surface area (Å²) >= 11 is 0. The Balaban J connectivity index is 1.96. The SMILES string of the molecule is CCCCN(CCCC)CCCN1C(=O)C(=O)C(=C(O)c2cccc([N+](=O)[O-])c2)[C@H]1c1cccc(O)c1. The van der Waals surface area contributed by atoms with Gasteiger partial charge in [-0.1, -0.05) is 51.0 Å². The third kappa shape index (κ3) is 6.74. The maximum Gasteiger partial charge on any atom is 0.295 e. The number of carbonyl (C=O) groups is 2. The number of amides is 1. The summed E-state index contributed by atoms with van der Waals surface area (Å²) in [5.41, 5.74) is 0.152. The van der Waals surface area contributed by atoms with Crippen LogP contribution in [-0.4, -0.2) is 62.8 Å². The summed E-state index contributed by atoms with van der Waals surface area (Å²) in [5.74, 6) is -2.12. The molecule has 1 aliphatic rings. The molecule has 0 unspecified atom stereocenters. The van der Waals surface area contributed by atoms with Crippen molar-refractivity contribution in [3.63, 3.8) is 0 Å². The third-order valence-corrected chi connectivity index (χ3v) is 6.59. The van der Waals surface area contributed by atoms with Gasteiger partial charge in [-0.3, -0.25) is 19.7 Å². The number of carbonyl (C=O) groups excluding carboxylic acids is 2. The maximum absolute atomic E-state index is 13.2. The van der Waals surface area contributed by atoms with Gasteiger partial charge >= 0.3 is 0 Å². The zero-order valence-electron chi connectivity index (χ0n) is 21.4. The van der Waals surface area contributed by atoms with E-state index in [-0.39, 0.29) is 29.1 Å². The van der Waals surface area contributed by atoms with Crippen LogP contribution in [0, 0.1) is 10.1 Å². The Morgan fingerprint density at radius 3 is 2.27 bits per heavy atom. The van der Waals surface area contributed by atoms with E-state index in [4.69, 9.17) is 0 Å². The number of phenolic OH excluding ortho intramolecular Hbond substituents is 1. The Hall–Kier alpha value is -3.72. The van der Waals surface area contributed by atoms with Gasteiger partial charge in [0.15, 0.2) is 0 Å². The number of likely N-dealkylation sites (tertiary alicyclic amines) is 1. The summed E-state index contributed by atoms with van der Waals surface area (Å²) in [4.78, 5) is 40.8. The van der Waals surface area contributed by atoms with E-state index in [1.807, 2.05) is 0 Å². The van der Waals surface area contributed by atoms with Gasteiger partial charge in [0.05, 0.1) is 16.5 Å². The molecule has 0 spiro atoms. The second kappa shape index (κ2) is 13.0. The molecule has 1 fully saturated rings. The highest BCUT2D eigenvalue weighted by atomic mass is 16.6. The van der Waals surface area contributed by atoms with Crippen LogP contribution in [-0.2, 0) is 9.59 Å². The van der Waals surface area contributed by atoms with Crippen molar-refractivity contribution in [1.82, 2.24) is 9.80 Å². The van der Waals surface area contributed by atoms with Gasteiger partial charge in [0.2, 0.25) is 0 Å². The topological polar surface area (TPSA) is 124 Å². The molecule has 2 N–H and O–H groups in total. The average molecular weight is 510 g/mol. The van der Waals surface area contributed by atoms with Crippen molar-refractivity contribution >= 4 is 23.1 Å². The number of Topliss-reactive ketones (excluding diaryl/α,β-unsaturated/α-hetero) is 1. The van der Waals surface area contributed by atoms with E-state index in [2.05, 4.69) is 18.7 Å². The van der Waals surface area contributed by atoms with E-state index in [1.165, 1.54) is 41.3 Å². The minimum absolute atomic E-state index is 0.0382. The standard InChI is InChI=1S/C28H35N3O6/c1-3-5-14-29(15-6-4-2)16-9-17-30-25(20-10-8-13-23(32)19-20)24(27(34)28(30)35)26(33)21-11-7-12-22(18-21)31(36)37/h7-8,10-13,18-19,25,32-33H,3-6,9,14-17H2,1-2H3/t25-/m1/s1. The minimum Gasteiger partial charge on any atom is -0.508 e. The quantitative estimate of drug-likeness (QED) is 0.128. The van der Waals surface area contributed by atoms with Crippen LogP contribution < -0.4 is 0 Å². The molecule has 0 radical (unpaired) electrons. The van der Waals surface area contributed by atoms with Gasteiger partial charge in [-0.25, -0.2) is 0 Å². The number of aromatic hydroxyl groups is 1. The number of nitro groups is 1. The monoisotopic (exact) mass is 509 g/mol. The van der Waals surface area contributed by atoms with Crippen molar-refractivity contribution in [1.29, 1.82) is 0 Å². The molecule has 1 amide bonds. The van der Waals surface area contributed by atoms with Crippen LogP contribution in [0.1, 0.15) is 63.1 Å². The first-order chi connectivity index (χ1) is 17.8. The number of aliphatic hydroxyl groups excluding tert-OH is 1. The van der Waals surface area contributed by atoms with Crippen molar-refractivity contribution < 1.29 is 24.7 Å². The number of hydrogen-bond donors (Lipinski definition) is 2. The molecule has 2 aromatic carbocycles. The first-order valence-corrected chi connectivity index (χ1v) is 12.8. The van der Waals surface area contributed by atoms with E-state index in [0.717, 1.165) is 45.3 Å². The molecular formula is C28H35N3O6. The largest absolute Gasteiger partial charge is 0.508 e. The molecular weight excluding hydrogens is 474 g/mol. The predicted molar refractivity (Wildman–Crippen MR) is 141 cm³/mol. The van der Waals surface area contributed by atoms with E-state index in [1.54, 1.807) is 12.1 Å². The van der Waals surface area contributed by atoms with Crippen molar-refractivity contribution in [2.24, 2.45) is 0 Å². The summed E-state index contributed by atoms with van der Waals surface area (Å²) < 4.78 is 0. The molecule has 3 rings (SSSR count). The lowest BCUT2D eigenvalue weighted by molar-refractivity contribution is -0.384. The summed E-state index contributed by atoms with van der Waals surface area (Å²) in [6, 6.07) is 10.6. The van der Waals surface area contributed by atoms with Crippen LogP contribution in [0.5, 0.6) is 5.75 Å². The molecule has 1 heterocycles. The van der Waals surface area contributed by atoms with Gasteiger partial charge in [0.25, 0.3) is 17.4 Å². The number of nitrogens with zero attached hydrogens (tertiary/aromatic N) is 3. The minimum atomic E-state index is -0.925. The number of aliphatic hydroxyl groups is 1. The van der Waals surface area contributed by atoms with Gasteiger partial charge in [-0.05, 0) is 56.6 Å². The molecule has 0 bridgehead atoms. The fourth-order valence-corrected chi connectivity index (χ4v) is 4.64. The van der Waals surface area contributed by atoms with E-state index < -0.39 is 28.4 Å². The number of non-ortho nitro benzene ring substituents is 1. The highest BCUT2D eigenvalue weighted by Crippen LogP contribution is 2.40. The van der Waals surface area contributed by atoms with E-state index in [0.29, 0.717) is 12.0 Å².